The Balaban J connectivity index is 2.84. The first-order valence-corrected chi connectivity index (χ1v) is 4.04. The first-order valence-electron chi connectivity index (χ1n) is 4.04. The van der Waals surface area contributed by atoms with Gasteiger partial charge in [-0.3, -0.25) is 4.68 Å². The standard InChI is InChI=1S/C8H11F3N2O/c1-5-4-12-13(2)7(5)6(14)3-8(9,10)11/h4,6,14H,3H2,1-2H3. The lowest BCUT2D eigenvalue weighted by Crippen LogP contribution is -2.16. The van der Waals surface area contributed by atoms with Crippen molar-refractivity contribution in [2.75, 3.05) is 0 Å². The first-order chi connectivity index (χ1) is 6.31. The van der Waals surface area contributed by atoms with Crippen LogP contribution in [-0.2, 0) is 7.05 Å². The van der Waals surface area contributed by atoms with Crippen molar-refractivity contribution < 1.29 is 18.3 Å². The maximum absolute atomic E-state index is 12.0. The molecule has 0 aliphatic carbocycles. The van der Waals surface area contributed by atoms with E-state index in [1.54, 1.807) is 6.92 Å². The van der Waals surface area contributed by atoms with Gasteiger partial charge in [0.2, 0.25) is 0 Å². The summed E-state index contributed by atoms with van der Waals surface area (Å²) >= 11 is 0. The van der Waals surface area contributed by atoms with E-state index < -0.39 is 18.7 Å². The molecule has 1 unspecified atom stereocenters. The molecule has 14 heavy (non-hydrogen) atoms. The van der Waals surface area contributed by atoms with Gasteiger partial charge in [0, 0.05) is 7.05 Å². The average molecular weight is 208 g/mol. The number of hydrogen-bond acceptors (Lipinski definition) is 2. The second kappa shape index (κ2) is 3.61. The van der Waals surface area contributed by atoms with Crippen LogP contribution in [0, 0.1) is 6.92 Å². The monoisotopic (exact) mass is 208 g/mol. The minimum atomic E-state index is -4.36. The smallest absolute Gasteiger partial charge is 0.386 e. The normalized spacial score (nSPS) is 14.4. The molecular weight excluding hydrogens is 197 g/mol. The number of halogens is 3. The van der Waals surface area contributed by atoms with E-state index in [0.29, 0.717) is 5.56 Å². The molecular formula is C8H11F3N2O. The number of nitrogens with zero attached hydrogens (tertiary/aromatic N) is 2. The van der Waals surface area contributed by atoms with Gasteiger partial charge < -0.3 is 5.11 Å². The van der Waals surface area contributed by atoms with Gasteiger partial charge >= 0.3 is 6.18 Å². The van der Waals surface area contributed by atoms with Crippen molar-refractivity contribution in [1.29, 1.82) is 0 Å². The molecule has 1 aromatic rings. The molecule has 0 saturated heterocycles. The van der Waals surface area contributed by atoms with E-state index in [1.807, 2.05) is 0 Å². The van der Waals surface area contributed by atoms with E-state index in [4.69, 9.17) is 0 Å². The van der Waals surface area contributed by atoms with Crippen LogP contribution in [0.15, 0.2) is 6.20 Å². The zero-order chi connectivity index (χ0) is 10.9. The van der Waals surface area contributed by atoms with E-state index in [1.165, 1.54) is 17.9 Å². The molecule has 3 nitrogen and oxygen atoms in total. The average Bonchev–Trinajstić information content (AvgIpc) is 2.27. The SMILES string of the molecule is Cc1cnn(C)c1C(O)CC(F)(F)F. The maximum atomic E-state index is 12.0. The number of aromatic nitrogens is 2. The first kappa shape index (κ1) is 11.0. The van der Waals surface area contributed by atoms with Gasteiger partial charge in [0.25, 0.3) is 0 Å². The van der Waals surface area contributed by atoms with Crippen LogP contribution in [0.5, 0.6) is 0 Å². The van der Waals surface area contributed by atoms with Gasteiger partial charge in [-0.05, 0) is 12.5 Å². The summed E-state index contributed by atoms with van der Waals surface area (Å²) in [5.41, 5.74) is 0.770. The highest BCUT2D eigenvalue weighted by atomic mass is 19.4. The Morgan fingerprint density at radius 2 is 2.14 bits per heavy atom. The van der Waals surface area contributed by atoms with Gasteiger partial charge in [-0.1, -0.05) is 0 Å². The van der Waals surface area contributed by atoms with Crippen LogP contribution < -0.4 is 0 Å². The van der Waals surface area contributed by atoms with Crippen LogP contribution in [0.4, 0.5) is 13.2 Å². The molecule has 1 aromatic heterocycles. The summed E-state index contributed by atoms with van der Waals surface area (Å²) in [5, 5.41) is 13.1. The summed E-state index contributed by atoms with van der Waals surface area (Å²) in [6.45, 7) is 1.61. The Hall–Kier alpha value is -1.04. The maximum Gasteiger partial charge on any atom is 0.391 e. The van der Waals surface area contributed by atoms with Gasteiger partial charge in [-0.25, -0.2) is 0 Å². The Labute approximate surface area is 79.2 Å². The quantitative estimate of drug-likeness (QED) is 0.803. The van der Waals surface area contributed by atoms with Gasteiger partial charge in [0.05, 0.1) is 18.3 Å². The Bertz CT molecular complexity index is 299. The summed E-state index contributed by atoms with van der Waals surface area (Å²) < 4.78 is 37.2. The minimum absolute atomic E-state index is 0.210. The number of alkyl halides is 3. The van der Waals surface area contributed by atoms with E-state index in [-0.39, 0.29) is 5.69 Å². The van der Waals surface area contributed by atoms with Crippen molar-refractivity contribution in [3.05, 3.63) is 17.5 Å². The molecule has 0 aromatic carbocycles. The number of rotatable bonds is 2. The molecule has 1 rings (SSSR count). The molecule has 0 bridgehead atoms. The largest absolute Gasteiger partial charge is 0.391 e. The van der Waals surface area contributed by atoms with Crippen LogP contribution >= 0.6 is 0 Å². The number of hydrogen-bond donors (Lipinski definition) is 1. The summed E-state index contributed by atoms with van der Waals surface area (Å²) in [4.78, 5) is 0. The fourth-order valence-electron chi connectivity index (χ4n) is 1.35. The summed E-state index contributed by atoms with van der Waals surface area (Å²) in [6, 6.07) is 0. The lowest BCUT2D eigenvalue weighted by Gasteiger charge is -2.14. The highest BCUT2D eigenvalue weighted by Crippen LogP contribution is 2.30. The summed E-state index contributed by atoms with van der Waals surface area (Å²) in [7, 11) is 1.50. The number of aliphatic hydroxyl groups is 1. The third-order valence-electron chi connectivity index (χ3n) is 1.92. The lowest BCUT2D eigenvalue weighted by atomic mass is 10.1. The molecule has 0 spiro atoms. The van der Waals surface area contributed by atoms with E-state index in [0.717, 1.165) is 0 Å². The van der Waals surface area contributed by atoms with Crippen LogP contribution in [0.1, 0.15) is 23.8 Å². The topological polar surface area (TPSA) is 38.0 Å². The van der Waals surface area contributed by atoms with Gasteiger partial charge in [0.1, 0.15) is 6.10 Å². The van der Waals surface area contributed by atoms with Crippen molar-refractivity contribution in [1.82, 2.24) is 9.78 Å². The van der Waals surface area contributed by atoms with Crippen molar-refractivity contribution in [3.63, 3.8) is 0 Å². The van der Waals surface area contributed by atoms with E-state index >= 15 is 0 Å². The zero-order valence-corrected chi connectivity index (χ0v) is 7.84. The number of aliphatic hydroxyl groups excluding tert-OH is 1. The molecule has 80 valence electrons. The third-order valence-corrected chi connectivity index (χ3v) is 1.92. The molecule has 0 saturated carbocycles. The lowest BCUT2D eigenvalue weighted by molar-refractivity contribution is -0.154. The molecule has 0 amide bonds. The fourth-order valence-corrected chi connectivity index (χ4v) is 1.35. The predicted octanol–water partition coefficient (Wildman–Crippen LogP) is 1.71. The molecule has 1 atom stereocenters. The molecule has 1 N–H and O–H groups in total. The molecule has 1 heterocycles. The Morgan fingerprint density at radius 3 is 2.50 bits per heavy atom. The van der Waals surface area contributed by atoms with Crippen LogP contribution in [-0.4, -0.2) is 21.1 Å². The Kier molecular flexibility index (Phi) is 2.84. The van der Waals surface area contributed by atoms with Crippen molar-refractivity contribution in [2.24, 2.45) is 7.05 Å². The zero-order valence-electron chi connectivity index (χ0n) is 7.84. The molecule has 0 aliphatic rings. The van der Waals surface area contributed by atoms with Gasteiger partial charge in [0.15, 0.2) is 0 Å². The minimum Gasteiger partial charge on any atom is -0.386 e. The van der Waals surface area contributed by atoms with Gasteiger partial charge in [-0.2, -0.15) is 18.3 Å². The van der Waals surface area contributed by atoms with Crippen molar-refractivity contribution >= 4 is 0 Å². The third kappa shape index (κ3) is 2.47. The van der Waals surface area contributed by atoms with Crippen molar-refractivity contribution in [3.8, 4) is 0 Å². The van der Waals surface area contributed by atoms with Crippen LogP contribution in [0.25, 0.3) is 0 Å². The molecule has 0 radical (unpaired) electrons. The Morgan fingerprint density at radius 1 is 1.57 bits per heavy atom. The van der Waals surface area contributed by atoms with Crippen LogP contribution in [0.2, 0.25) is 0 Å². The molecule has 0 aliphatic heterocycles. The highest BCUT2D eigenvalue weighted by molar-refractivity contribution is 5.17. The number of aryl methyl sites for hydroxylation is 2. The molecule has 6 heteroatoms. The summed E-state index contributed by atoms with van der Waals surface area (Å²) in [5.74, 6) is 0. The second-order valence-corrected chi connectivity index (χ2v) is 3.17. The molecule has 0 fully saturated rings. The van der Waals surface area contributed by atoms with E-state index in [9.17, 15) is 18.3 Å². The fraction of sp³-hybridized carbons (Fsp3) is 0.625. The van der Waals surface area contributed by atoms with Crippen molar-refractivity contribution in [2.45, 2.75) is 25.6 Å². The van der Waals surface area contributed by atoms with Crippen LogP contribution in [0.3, 0.4) is 0 Å². The van der Waals surface area contributed by atoms with E-state index in [2.05, 4.69) is 5.10 Å². The predicted molar refractivity (Wildman–Crippen MR) is 43.6 cm³/mol. The second-order valence-electron chi connectivity index (χ2n) is 3.17. The summed E-state index contributed by atoms with van der Waals surface area (Å²) in [6.07, 6.45) is -5.72. The van der Waals surface area contributed by atoms with Gasteiger partial charge in [-0.15, -0.1) is 0 Å². The highest BCUT2D eigenvalue weighted by Gasteiger charge is 2.33.